The fourth-order valence-corrected chi connectivity index (χ4v) is 3.60. The molecule has 7 nitrogen and oxygen atoms in total. The number of carbonyl (C=O) groups is 1. The van der Waals surface area contributed by atoms with Gasteiger partial charge in [-0.25, -0.2) is 18.4 Å². The van der Waals surface area contributed by atoms with Crippen molar-refractivity contribution in [3.05, 3.63) is 77.4 Å². The molecular weight excluding hydrogens is 438 g/mol. The topological polar surface area (TPSA) is 78.3 Å². The quantitative estimate of drug-likeness (QED) is 0.394. The number of anilines is 1. The molecule has 0 saturated heterocycles. The van der Waals surface area contributed by atoms with Crippen LogP contribution in [0.15, 0.2) is 60.0 Å². The highest BCUT2D eigenvalue weighted by atomic mass is 32.1. The lowest BCUT2D eigenvalue weighted by Crippen LogP contribution is -2.16. The predicted molar refractivity (Wildman–Crippen MR) is 116 cm³/mol. The molecule has 0 aliphatic carbocycles. The van der Waals surface area contributed by atoms with Gasteiger partial charge in [0.05, 0.1) is 22.9 Å². The van der Waals surface area contributed by atoms with Crippen LogP contribution < -0.4 is 10.1 Å². The fraction of sp³-hybridized carbons (Fsp3) is 0.136. The van der Waals surface area contributed by atoms with Crippen molar-refractivity contribution in [3.8, 4) is 22.1 Å². The van der Waals surface area contributed by atoms with E-state index in [1.165, 1.54) is 47.4 Å². The minimum absolute atomic E-state index is 0.130. The lowest BCUT2D eigenvalue weighted by molar-refractivity contribution is 0.101. The molecule has 0 fully saturated rings. The van der Waals surface area contributed by atoms with E-state index < -0.39 is 17.5 Å². The Bertz CT molecular complexity index is 1230. The molecule has 1 N–H and O–H groups in total. The first-order chi connectivity index (χ1) is 15.5. The third kappa shape index (κ3) is 4.82. The van der Waals surface area contributed by atoms with Gasteiger partial charge >= 0.3 is 0 Å². The molecule has 164 valence electrons. The zero-order valence-corrected chi connectivity index (χ0v) is 17.7. The summed E-state index contributed by atoms with van der Waals surface area (Å²) >= 11 is 1.40. The number of ether oxygens (including phenoxy) is 2. The molecule has 4 rings (SSSR count). The SMILES string of the molecule is COCCOc1ccc(F)cc1NC(=O)c1nc(-c2cccs2)n(-c2cccc(F)c2)n1. The van der Waals surface area contributed by atoms with Gasteiger partial charge in [-0.1, -0.05) is 12.1 Å². The van der Waals surface area contributed by atoms with E-state index >= 15 is 0 Å². The van der Waals surface area contributed by atoms with Crippen molar-refractivity contribution in [2.75, 3.05) is 25.6 Å². The molecule has 2 aromatic heterocycles. The van der Waals surface area contributed by atoms with Crippen LogP contribution in [0.1, 0.15) is 10.6 Å². The summed E-state index contributed by atoms with van der Waals surface area (Å²) < 4.78 is 39.5. The molecule has 32 heavy (non-hydrogen) atoms. The fourth-order valence-electron chi connectivity index (χ4n) is 2.90. The maximum atomic E-state index is 13.8. The highest BCUT2D eigenvalue weighted by molar-refractivity contribution is 7.13. The van der Waals surface area contributed by atoms with E-state index in [1.54, 1.807) is 12.1 Å². The second-order valence-corrected chi connectivity index (χ2v) is 7.51. The van der Waals surface area contributed by atoms with E-state index in [9.17, 15) is 13.6 Å². The number of amides is 1. The Morgan fingerprint density at radius 2 is 1.94 bits per heavy atom. The maximum absolute atomic E-state index is 13.8. The molecule has 4 aromatic rings. The Morgan fingerprint density at radius 1 is 1.09 bits per heavy atom. The van der Waals surface area contributed by atoms with E-state index in [-0.39, 0.29) is 23.9 Å². The molecule has 2 heterocycles. The molecule has 0 saturated carbocycles. The molecule has 0 unspecified atom stereocenters. The van der Waals surface area contributed by atoms with Crippen molar-refractivity contribution >= 4 is 22.9 Å². The average molecular weight is 456 g/mol. The summed E-state index contributed by atoms with van der Waals surface area (Å²) in [5.41, 5.74) is 0.542. The van der Waals surface area contributed by atoms with Crippen LogP contribution >= 0.6 is 11.3 Å². The van der Waals surface area contributed by atoms with E-state index in [0.717, 1.165) is 10.9 Å². The average Bonchev–Trinajstić information content (AvgIpc) is 3.45. The van der Waals surface area contributed by atoms with Crippen LogP contribution in [0.3, 0.4) is 0 Å². The largest absolute Gasteiger partial charge is 0.489 e. The molecule has 10 heteroatoms. The molecule has 0 spiro atoms. The Morgan fingerprint density at radius 3 is 2.69 bits per heavy atom. The van der Waals surface area contributed by atoms with Crippen LogP contribution in [0.25, 0.3) is 16.4 Å². The molecule has 1 amide bonds. The number of nitrogens with zero attached hydrogens (tertiary/aromatic N) is 3. The minimum atomic E-state index is -0.667. The molecule has 2 aromatic carbocycles. The summed E-state index contributed by atoms with van der Waals surface area (Å²) in [5.74, 6) is -1.16. The van der Waals surface area contributed by atoms with Crippen LogP contribution in [-0.2, 0) is 4.74 Å². The van der Waals surface area contributed by atoms with Gasteiger partial charge in [0.25, 0.3) is 5.91 Å². The van der Waals surface area contributed by atoms with Crippen molar-refractivity contribution < 1.29 is 23.0 Å². The lowest BCUT2D eigenvalue weighted by Gasteiger charge is -2.11. The standard InChI is InChI=1S/C22H18F2N4O3S/c1-30-9-10-31-18-8-7-15(24)13-17(18)25-22(29)20-26-21(19-6-3-11-32-19)28(27-20)16-5-2-4-14(23)12-16/h2-8,11-13H,9-10H2,1H3,(H,25,29). The summed E-state index contributed by atoms with van der Waals surface area (Å²) in [5, 5.41) is 8.73. The first-order valence-electron chi connectivity index (χ1n) is 9.54. The third-order valence-corrected chi connectivity index (χ3v) is 5.21. The number of methoxy groups -OCH3 is 1. The number of rotatable bonds is 8. The maximum Gasteiger partial charge on any atom is 0.295 e. The van der Waals surface area contributed by atoms with Gasteiger partial charge in [-0.05, 0) is 41.8 Å². The van der Waals surface area contributed by atoms with E-state index in [0.29, 0.717) is 18.1 Å². The first kappa shape index (κ1) is 21.6. The molecule has 0 aliphatic heterocycles. The number of hydrogen-bond acceptors (Lipinski definition) is 6. The number of benzene rings is 2. The van der Waals surface area contributed by atoms with Gasteiger partial charge in [-0.3, -0.25) is 4.79 Å². The summed E-state index contributed by atoms with van der Waals surface area (Å²) in [6.07, 6.45) is 0. The summed E-state index contributed by atoms with van der Waals surface area (Å²) in [4.78, 5) is 18.0. The zero-order chi connectivity index (χ0) is 22.5. The van der Waals surface area contributed by atoms with Crippen LogP contribution in [-0.4, -0.2) is 41.0 Å². The third-order valence-electron chi connectivity index (χ3n) is 4.34. The highest BCUT2D eigenvalue weighted by Crippen LogP contribution is 2.28. The molecular formula is C22H18F2N4O3S. The summed E-state index contributed by atoms with van der Waals surface area (Å²) in [7, 11) is 1.53. The smallest absolute Gasteiger partial charge is 0.295 e. The van der Waals surface area contributed by atoms with Crippen molar-refractivity contribution in [2.45, 2.75) is 0 Å². The van der Waals surface area contributed by atoms with Crippen LogP contribution in [0.2, 0.25) is 0 Å². The van der Waals surface area contributed by atoms with Crippen molar-refractivity contribution in [1.29, 1.82) is 0 Å². The second-order valence-electron chi connectivity index (χ2n) is 6.56. The van der Waals surface area contributed by atoms with Gasteiger partial charge in [0.2, 0.25) is 5.82 Å². The Balaban J connectivity index is 1.67. The van der Waals surface area contributed by atoms with Gasteiger partial charge in [0.15, 0.2) is 5.82 Å². The minimum Gasteiger partial charge on any atom is -0.489 e. The number of halogens is 2. The van der Waals surface area contributed by atoms with E-state index in [1.807, 2.05) is 17.5 Å². The van der Waals surface area contributed by atoms with Gasteiger partial charge in [0.1, 0.15) is 24.0 Å². The Kier molecular flexibility index (Phi) is 6.52. The zero-order valence-electron chi connectivity index (χ0n) is 16.9. The second kappa shape index (κ2) is 9.67. The molecule has 0 bridgehead atoms. The predicted octanol–water partition coefficient (Wildman–Crippen LogP) is 4.55. The van der Waals surface area contributed by atoms with Crippen molar-refractivity contribution in [2.24, 2.45) is 0 Å². The number of aromatic nitrogens is 3. The number of thiophene rings is 1. The van der Waals surface area contributed by atoms with Gasteiger partial charge in [0, 0.05) is 13.2 Å². The van der Waals surface area contributed by atoms with Gasteiger partial charge in [-0.2, -0.15) is 0 Å². The highest BCUT2D eigenvalue weighted by Gasteiger charge is 2.21. The van der Waals surface area contributed by atoms with E-state index in [4.69, 9.17) is 9.47 Å². The number of nitrogens with one attached hydrogen (secondary N) is 1. The molecule has 0 aliphatic rings. The van der Waals surface area contributed by atoms with Crippen LogP contribution in [0.5, 0.6) is 5.75 Å². The molecule has 0 radical (unpaired) electrons. The lowest BCUT2D eigenvalue weighted by atomic mass is 10.2. The summed E-state index contributed by atoms with van der Waals surface area (Å²) in [6, 6.07) is 13.2. The Hall–Kier alpha value is -3.63. The normalized spacial score (nSPS) is 10.8. The number of hydrogen-bond donors (Lipinski definition) is 1. The van der Waals surface area contributed by atoms with Crippen LogP contribution in [0, 0.1) is 11.6 Å². The molecule has 0 atom stereocenters. The van der Waals surface area contributed by atoms with Crippen LogP contribution in [0.4, 0.5) is 14.5 Å². The van der Waals surface area contributed by atoms with Crippen molar-refractivity contribution in [1.82, 2.24) is 14.8 Å². The van der Waals surface area contributed by atoms with E-state index in [2.05, 4.69) is 15.4 Å². The Labute approximate surface area is 186 Å². The summed E-state index contributed by atoms with van der Waals surface area (Å²) in [6.45, 7) is 0.550. The van der Waals surface area contributed by atoms with Gasteiger partial charge in [-0.15, -0.1) is 16.4 Å². The monoisotopic (exact) mass is 456 g/mol. The van der Waals surface area contributed by atoms with Crippen molar-refractivity contribution in [3.63, 3.8) is 0 Å². The number of carbonyl (C=O) groups excluding carboxylic acids is 1. The first-order valence-corrected chi connectivity index (χ1v) is 10.4. The van der Waals surface area contributed by atoms with Gasteiger partial charge < -0.3 is 14.8 Å².